The van der Waals surface area contributed by atoms with Crippen molar-refractivity contribution < 1.29 is 0 Å². The number of halogens is 1. The van der Waals surface area contributed by atoms with Gasteiger partial charge in [-0.1, -0.05) is 34.1 Å². The van der Waals surface area contributed by atoms with Crippen LogP contribution in [0, 0.1) is 6.92 Å². The molecule has 0 radical (unpaired) electrons. The van der Waals surface area contributed by atoms with E-state index >= 15 is 0 Å². The van der Waals surface area contributed by atoms with Crippen molar-refractivity contribution in [3.63, 3.8) is 0 Å². The quantitative estimate of drug-likeness (QED) is 0.812. The molecule has 2 rings (SSSR count). The average molecular weight is 324 g/mol. The van der Waals surface area contributed by atoms with Gasteiger partial charge in [-0.3, -0.25) is 0 Å². The Morgan fingerprint density at radius 3 is 2.39 bits per heavy atom. The van der Waals surface area contributed by atoms with Gasteiger partial charge in [0.1, 0.15) is 0 Å². The van der Waals surface area contributed by atoms with Crippen molar-refractivity contribution in [1.29, 1.82) is 0 Å². The zero-order valence-electron chi connectivity index (χ0n) is 10.9. The van der Waals surface area contributed by atoms with E-state index in [0.717, 1.165) is 0 Å². The second-order valence-corrected chi connectivity index (χ2v) is 6.75. The third kappa shape index (κ3) is 3.22. The molecule has 1 aromatic carbocycles. The van der Waals surface area contributed by atoms with Gasteiger partial charge in [0.25, 0.3) is 0 Å². The van der Waals surface area contributed by atoms with E-state index in [4.69, 9.17) is 0 Å². The minimum atomic E-state index is 0.331. The topological polar surface area (TPSA) is 12.0 Å². The maximum absolute atomic E-state index is 3.65. The first kappa shape index (κ1) is 13.8. The molecule has 1 heterocycles. The summed E-state index contributed by atoms with van der Waals surface area (Å²) in [6, 6.07) is 13.5. The molecule has 1 unspecified atom stereocenters. The van der Waals surface area contributed by atoms with E-state index in [-0.39, 0.29) is 0 Å². The maximum Gasteiger partial charge on any atom is 0.0391 e. The highest BCUT2D eigenvalue weighted by Gasteiger charge is 2.14. The van der Waals surface area contributed by atoms with Crippen LogP contribution in [0.3, 0.4) is 0 Å². The lowest BCUT2D eigenvalue weighted by atomic mass is 10.1. The number of aryl methyl sites for hydroxylation is 1. The molecule has 2 aromatic rings. The molecule has 0 saturated carbocycles. The highest BCUT2D eigenvalue weighted by Crippen LogP contribution is 2.28. The van der Waals surface area contributed by atoms with E-state index < -0.39 is 0 Å². The lowest BCUT2D eigenvalue weighted by Gasteiger charge is -2.20. The summed E-state index contributed by atoms with van der Waals surface area (Å²) in [5.74, 6) is 0. The van der Waals surface area contributed by atoms with Crippen molar-refractivity contribution >= 4 is 27.3 Å². The van der Waals surface area contributed by atoms with E-state index in [9.17, 15) is 0 Å². The molecule has 0 aliphatic rings. The normalized spacial score (nSPS) is 14.4. The summed E-state index contributed by atoms with van der Waals surface area (Å²) in [5.41, 5.74) is 1.30. The number of benzene rings is 1. The zero-order chi connectivity index (χ0) is 13.1. The predicted octanol–water partition coefficient (Wildman–Crippen LogP) is 5.23. The summed E-state index contributed by atoms with van der Waals surface area (Å²) in [6.07, 6.45) is 0. The van der Waals surface area contributed by atoms with Crippen molar-refractivity contribution in [2.75, 3.05) is 0 Å². The molecule has 96 valence electrons. The highest BCUT2D eigenvalue weighted by atomic mass is 79.9. The first-order valence-electron chi connectivity index (χ1n) is 6.14. The van der Waals surface area contributed by atoms with Gasteiger partial charge in [0.05, 0.1) is 0 Å². The van der Waals surface area contributed by atoms with Gasteiger partial charge in [-0.05, 0) is 44.5 Å². The van der Waals surface area contributed by atoms with E-state index in [2.05, 4.69) is 72.3 Å². The number of hydrogen-bond acceptors (Lipinski definition) is 2. The molecule has 0 aliphatic carbocycles. The summed E-state index contributed by atoms with van der Waals surface area (Å²) in [4.78, 5) is 2.76. The van der Waals surface area contributed by atoms with Crippen LogP contribution in [0.25, 0.3) is 0 Å². The largest absolute Gasteiger partial charge is 0.303 e. The average Bonchev–Trinajstić information content (AvgIpc) is 2.76. The maximum atomic E-state index is 3.65. The van der Waals surface area contributed by atoms with Crippen LogP contribution in [-0.2, 0) is 0 Å². The van der Waals surface area contributed by atoms with Gasteiger partial charge in [0.15, 0.2) is 0 Å². The number of hydrogen-bond donors (Lipinski definition) is 1. The van der Waals surface area contributed by atoms with Gasteiger partial charge in [-0.15, -0.1) is 11.3 Å². The first-order chi connectivity index (χ1) is 8.58. The Morgan fingerprint density at radius 1 is 1.06 bits per heavy atom. The number of rotatable bonds is 4. The van der Waals surface area contributed by atoms with Crippen LogP contribution in [0.1, 0.15) is 41.2 Å². The Morgan fingerprint density at radius 2 is 1.78 bits per heavy atom. The molecule has 0 amide bonds. The molecule has 0 saturated heterocycles. The highest BCUT2D eigenvalue weighted by molar-refractivity contribution is 9.10. The van der Waals surface area contributed by atoms with Crippen molar-refractivity contribution in [1.82, 2.24) is 5.32 Å². The molecule has 0 spiro atoms. The Labute approximate surface area is 121 Å². The van der Waals surface area contributed by atoms with Crippen LogP contribution >= 0.6 is 27.3 Å². The van der Waals surface area contributed by atoms with Crippen molar-refractivity contribution in [2.45, 2.75) is 32.9 Å². The molecule has 2 atom stereocenters. The zero-order valence-corrected chi connectivity index (χ0v) is 13.3. The van der Waals surface area contributed by atoms with Gasteiger partial charge < -0.3 is 5.32 Å². The van der Waals surface area contributed by atoms with E-state index in [1.54, 1.807) is 0 Å². The molecule has 1 N–H and O–H groups in total. The molecular weight excluding hydrogens is 306 g/mol. The summed E-state index contributed by atoms with van der Waals surface area (Å²) < 4.78 is 1.17. The van der Waals surface area contributed by atoms with Gasteiger partial charge in [0, 0.05) is 26.3 Å². The van der Waals surface area contributed by atoms with Crippen molar-refractivity contribution in [2.24, 2.45) is 0 Å². The van der Waals surface area contributed by atoms with Crippen LogP contribution in [0.15, 0.2) is 40.9 Å². The number of nitrogens with one attached hydrogen (secondary N) is 1. The molecule has 0 aliphatic heterocycles. The fourth-order valence-electron chi connectivity index (χ4n) is 2.06. The minimum Gasteiger partial charge on any atom is -0.303 e. The Balaban J connectivity index is 2.08. The lowest BCUT2D eigenvalue weighted by Crippen LogP contribution is -2.22. The van der Waals surface area contributed by atoms with Gasteiger partial charge >= 0.3 is 0 Å². The fraction of sp³-hybridized carbons (Fsp3) is 0.333. The van der Waals surface area contributed by atoms with E-state index in [1.807, 2.05) is 17.4 Å². The molecule has 0 fully saturated rings. The van der Waals surface area contributed by atoms with E-state index in [1.165, 1.54) is 19.8 Å². The van der Waals surface area contributed by atoms with Crippen LogP contribution < -0.4 is 5.32 Å². The smallest absolute Gasteiger partial charge is 0.0391 e. The lowest BCUT2D eigenvalue weighted by molar-refractivity contribution is 0.499. The van der Waals surface area contributed by atoms with E-state index in [0.29, 0.717) is 12.1 Å². The minimum absolute atomic E-state index is 0.331. The molecule has 18 heavy (non-hydrogen) atoms. The molecule has 3 heteroatoms. The summed E-state index contributed by atoms with van der Waals surface area (Å²) in [6.45, 7) is 6.58. The summed E-state index contributed by atoms with van der Waals surface area (Å²) >= 11 is 5.47. The van der Waals surface area contributed by atoms with Crippen LogP contribution in [0.2, 0.25) is 0 Å². The Hall–Kier alpha value is -0.640. The molecule has 1 aromatic heterocycles. The second-order valence-electron chi connectivity index (χ2n) is 4.58. The standard InChI is InChI=1S/C15H18BrNS/c1-10-8-9-15(18-10)12(3)17-11(2)13-6-4-5-7-14(13)16/h4-9,11-12,17H,1-3H3/t11-,12?/m0/s1. The van der Waals surface area contributed by atoms with Crippen LogP contribution in [-0.4, -0.2) is 0 Å². The molecule has 0 bridgehead atoms. The summed E-state index contributed by atoms with van der Waals surface area (Å²) in [5, 5.41) is 3.65. The molecular formula is C15H18BrNS. The SMILES string of the molecule is Cc1ccc(C(C)N[C@@H](C)c2ccccc2Br)s1. The second kappa shape index (κ2) is 6.00. The van der Waals surface area contributed by atoms with Crippen molar-refractivity contribution in [3.8, 4) is 0 Å². The third-order valence-corrected chi connectivity index (χ3v) is 4.97. The monoisotopic (exact) mass is 323 g/mol. The fourth-order valence-corrected chi connectivity index (χ4v) is 3.58. The molecule has 1 nitrogen and oxygen atoms in total. The van der Waals surface area contributed by atoms with Crippen molar-refractivity contribution in [3.05, 3.63) is 56.2 Å². The Bertz CT molecular complexity index is 521. The Kier molecular flexibility index (Phi) is 4.60. The van der Waals surface area contributed by atoms with Gasteiger partial charge in [-0.25, -0.2) is 0 Å². The summed E-state index contributed by atoms with van der Waals surface area (Å²) in [7, 11) is 0. The number of thiophene rings is 1. The predicted molar refractivity (Wildman–Crippen MR) is 83.2 cm³/mol. The third-order valence-electron chi connectivity index (χ3n) is 3.06. The van der Waals surface area contributed by atoms with Gasteiger partial charge in [-0.2, -0.15) is 0 Å². The first-order valence-corrected chi connectivity index (χ1v) is 7.75. The van der Waals surface area contributed by atoms with Gasteiger partial charge in [0.2, 0.25) is 0 Å². The van der Waals surface area contributed by atoms with Crippen LogP contribution in [0.5, 0.6) is 0 Å². The van der Waals surface area contributed by atoms with Crippen LogP contribution in [0.4, 0.5) is 0 Å².